The number of rotatable bonds is 3. The van der Waals surface area contributed by atoms with Crippen molar-refractivity contribution in [2.24, 2.45) is 0 Å². The van der Waals surface area contributed by atoms with Crippen molar-refractivity contribution in [1.29, 1.82) is 0 Å². The van der Waals surface area contributed by atoms with Crippen molar-refractivity contribution < 1.29 is 4.74 Å². The molecular formula is C14H18N4O. The molecule has 2 aromatic rings. The van der Waals surface area contributed by atoms with Gasteiger partial charge in [0.15, 0.2) is 11.6 Å². The summed E-state index contributed by atoms with van der Waals surface area (Å²) < 4.78 is 7.70. The summed E-state index contributed by atoms with van der Waals surface area (Å²) in [7, 11) is 0. The monoisotopic (exact) mass is 258 g/mol. The van der Waals surface area contributed by atoms with Gasteiger partial charge in [0, 0.05) is 24.4 Å². The lowest BCUT2D eigenvalue weighted by molar-refractivity contribution is 0.0350. The Hall–Kier alpha value is -1.88. The number of aryl methyl sites for hydroxylation is 1. The molecule has 1 aliphatic rings. The molecule has 1 aromatic heterocycles. The van der Waals surface area contributed by atoms with E-state index in [0.29, 0.717) is 6.61 Å². The van der Waals surface area contributed by atoms with E-state index in [4.69, 9.17) is 10.5 Å². The molecule has 0 fully saturated rings. The molecule has 0 spiro atoms. The highest BCUT2D eigenvalue weighted by molar-refractivity contribution is 5.58. The van der Waals surface area contributed by atoms with Crippen LogP contribution in [0.15, 0.2) is 24.3 Å². The predicted molar refractivity (Wildman–Crippen MR) is 73.5 cm³/mol. The van der Waals surface area contributed by atoms with Crippen molar-refractivity contribution in [1.82, 2.24) is 14.8 Å². The fraction of sp³-hybridized carbons (Fsp3) is 0.429. The van der Waals surface area contributed by atoms with Crippen LogP contribution in [0.25, 0.3) is 11.4 Å². The summed E-state index contributed by atoms with van der Waals surface area (Å²) >= 11 is 0. The van der Waals surface area contributed by atoms with Crippen LogP contribution in [0.4, 0.5) is 5.69 Å². The topological polar surface area (TPSA) is 66.0 Å². The van der Waals surface area contributed by atoms with Crippen LogP contribution >= 0.6 is 0 Å². The second-order valence-corrected chi connectivity index (χ2v) is 4.72. The molecule has 0 saturated carbocycles. The van der Waals surface area contributed by atoms with Gasteiger partial charge < -0.3 is 10.5 Å². The van der Waals surface area contributed by atoms with E-state index < -0.39 is 0 Å². The quantitative estimate of drug-likeness (QED) is 0.858. The van der Waals surface area contributed by atoms with Crippen molar-refractivity contribution >= 4 is 5.69 Å². The van der Waals surface area contributed by atoms with Crippen molar-refractivity contribution in [3.05, 3.63) is 30.1 Å². The highest BCUT2D eigenvalue weighted by Gasteiger charge is 2.24. The summed E-state index contributed by atoms with van der Waals surface area (Å²) in [5, 5.41) is 4.57. The minimum Gasteiger partial charge on any atom is -0.399 e. The number of ether oxygens (including phenoxy) is 1. The molecule has 3 rings (SSSR count). The molecule has 0 bridgehead atoms. The highest BCUT2D eigenvalue weighted by atomic mass is 16.5. The van der Waals surface area contributed by atoms with Gasteiger partial charge in [-0.25, -0.2) is 9.67 Å². The lowest BCUT2D eigenvalue weighted by Gasteiger charge is -2.21. The fourth-order valence-electron chi connectivity index (χ4n) is 2.43. The van der Waals surface area contributed by atoms with Crippen molar-refractivity contribution in [2.75, 3.05) is 12.3 Å². The number of hydrogen-bond acceptors (Lipinski definition) is 4. The molecule has 1 aliphatic heterocycles. The molecule has 5 heteroatoms. The predicted octanol–water partition coefficient (Wildman–Crippen LogP) is 2.40. The summed E-state index contributed by atoms with van der Waals surface area (Å²) in [4.78, 5) is 4.64. The Morgan fingerprint density at radius 2 is 2.16 bits per heavy atom. The Balaban J connectivity index is 1.95. The van der Waals surface area contributed by atoms with E-state index in [1.807, 2.05) is 35.9 Å². The third-order valence-corrected chi connectivity index (χ3v) is 3.36. The summed E-state index contributed by atoms with van der Waals surface area (Å²) in [5.41, 5.74) is 7.44. The van der Waals surface area contributed by atoms with E-state index in [0.717, 1.165) is 42.3 Å². The zero-order valence-electron chi connectivity index (χ0n) is 11.0. The van der Waals surface area contributed by atoms with E-state index in [2.05, 4.69) is 10.1 Å². The Morgan fingerprint density at radius 3 is 2.89 bits per heavy atom. The third kappa shape index (κ3) is 2.33. The molecule has 0 saturated heterocycles. The largest absolute Gasteiger partial charge is 0.399 e. The first kappa shape index (κ1) is 12.2. The Kier molecular flexibility index (Phi) is 3.21. The molecule has 19 heavy (non-hydrogen) atoms. The third-order valence-electron chi connectivity index (χ3n) is 3.36. The molecule has 1 unspecified atom stereocenters. The normalized spacial score (nSPS) is 18.3. The fourth-order valence-corrected chi connectivity index (χ4v) is 2.43. The summed E-state index contributed by atoms with van der Waals surface area (Å²) in [6.45, 7) is 3.63. The Bertz CT molecular complexity index is 561. The minimum absolute atomic E-state index is 0.0776. The number of nitrogens with two attached hydrogens (primary N) is 1. The van der Waals surface area contributed by atoms with Gasteiger partial charge in [-0.05, 0) is 44.0 Å². The van der Waals surface area contributed by atoms with Crippen LogP contribution in [0, 0.1) is 0 Å². The van der Waals surface area contributed by atoms with Gasteiger partial charge in [-0.1, -0.05) is 0 Å². The molecule has 1 atom stereocenters. The van der Waals surface area contributed by atoms with Crippen LogP contribution in [0.1, 0.15) is 31.7 Å². The molecule has 2 N–H and O–H groups in total. The van der Waals surface area contributed by atoms with Gasteiger partial charge in [0.25, 0.3) is 0 Å². The van der Waals surface area contributed by atoms with Gasteiger partial charge >= 0.3 is 0 Å². The number of nitrogens with zero attached hydrogens (tertiary/aromatic N) is 3. The average Bonchev–Trinajstić information content (AvgIpc) is 2.85. The number of anilines is 1. The molecule has 100 valence electrons. The van der Waals surface area contributed by atoms with Crippen LogP contribution in [-0.2, 0) is 11.3 Å². The van der Waals surface area contributed by atoms with Gasteiger partial charge in [0.2, 0.25) is 0 Å². The number of nitrogen functional groups attached to an aromatic ring is 1. The van der Waals surface area contributed by atoms with Crippen molar-refractivity contribution in [2.45, 2.75) is 32.4 Å². The lowest BCUT2D eigenvalue weighted by Crippen LogP contribution is -2.19. The summed E-state index contributed by atoms with van der Waals surface area (Å²) in [5.74, 6) is 1.70. The van der Waals surface area contributed by atoms with Crippen molar-refractivity contribution in [3.8, 4) is 11.4 Å². The lowest BCUT2D eigenvalue weighted by atomic mass is 10.1. The second-order valence-electron chi connectivity index (χ2n) is 4.72. The Labute approximate surface area is 112 Å². The van der Waals surface area contributed by atoms with Gasteiger partial charge in [-0.2, -0.15) is 5.10 Å². The van der Waals surface area contributed by atoms with Crippen LogP contribution < -0.4 is 5.73 Å². The van der Waals surface area contributed by atoms with E-state index in [-0.39, 0.29) is 6.10 Å². The standard InChI is InChI=1S/C14H18N4O/c1-2-19-12-4-3-9-18-14(12)16-13(17-18)10-5-7-11(15)8-6-10/h5-8,12H,2-4,9,15H2,1H3. The maximum Gasteiger partial charge on any atom is 0.181 e. The number of aromatic nitrogens is 3. The SMILES string of the molecule is CCOC1CCCn2nc(-c3ccc(N)cc3)nc21. The zero-order chi connectivity index (χ0) is 13.2. The van der Waals surface area contributed by atoms with Crippen LogP contribution in [0.2, 0.25) is 0 Å². The number of benzene rings is 1. The van der Waals surface area contributed by atoms with Gasteiger partial charge in [0.1, 0.15) is 6.10 Å². The van der Waals surface area contributed by atoms with Crippen LogP contribution in [0.3, 0.4) is 0 Å². The van der Waals surface area contributed by atoms with Crippen molar-refractivity contribution in [3.63, 3.8) is 0 Å². The molecule has 0 radical (unpaired) electrons. The minimum atomic E-state index is 0.0776. The molecular weight excluding hydrogens is 240 g/mol. The first-order valence-electron chi connectivity index (χ1n) is 6.70. The van der Waals surface area contributed by atoms with Crippen LogP contribution in [0.5, 0.6) is 0 Å². The Morgan fingerprint density at radius 1 is 1.37 bits per heavy atom. The summed E-state index contributed by atoms with van der Waals surface area (Å²) in [6, 6.07) is 7.64. The van der Waals surface area contributed by atoms with Gasteiger partial charge in [-0.3, -0.25) is 0 Å². The first-order valence-corrected chi connectivity index (χ1v) is 6.70. The number of fused-ring (bicyclic) bond motifs is 1. The molecule has 0 amide bonds. The smallest absolute Gasteiger partial charge is 0.181 e. The molecule has 1 aromatic carbocycles. The van der Waals surface area contributed by atoms with E-state index >= 15 is 0 Å². The first-order chi connectivity index (χ1) is 9.28. The molecule has 5 nitrogen and oxygen atoms in total. The van der Waals surface area contributed by atoms with E-state index in [9.17, 15) is 0 Å². The average molecular weight is 258 g/mol. The molecule has 2 heterocycles. The van der Waals surface area contributed by atoms with E-state index in [1.165, 1.54) is 0 Å². The second kappa shape index (κ2) is 5.01. The molecule has 0 aliphatic carbocycles. The van der Waals surface area contributed by atoms with E-state index in [1.54, 1.807) is 0 Å². The highest BCUT2D eigenvalue weighted by Crippen LogP contribution is 2.28. The maximum atomic E-state index is 5.73. The maximum absolute atomic E-state index is 5.73. The summed E-state index contributed by atoms with van der Waals surface area (Å²) in [6.07, 6.45) is 2.18. The zero-order valence-corrected chi connectivity index (χ0v) is 11.0. The van der Waals surface area contributed by atoms with Crippen LogP contribution in [-0.4, -0.2) is 21.4 Å². The van der Waals surface area contributed by atoms with Gasteiger partial charge in [0.05, 0.1) is 0 Å². The number of hydrogen-bond donors (Lipinski definition) is 1. The van der Waals surface area contributed by atoms with Gasteiger partial charge in [-0.15, -0.1) is 0 Å².